The van der Waals surface area contributed by atoms with Gasteiger partial charge in [-0.2, -0.15) is 4.57 Å². The molecule has 2 aromatic carbocycles. The number of aromatic nitrogens is 3. The van der Waals surface area contributed by atoms with E-state index in [1.54, 1.807) is 0 Å². The summed E-state index contributed by atoms with van der Waals surface area (Å²) >= 11 is 1.85. The standard InChI is InChI=1S/C21H14N3S/c1-2-8-15(9-3-1)24-17-11-5-4-10-16(17)19-20(24)23-13-14-7-6-12-22-18(14)21(23)25-19/h1-12H,13H2/q+1. The molecule has 0 radical (unpaired) electrons. The minimum atomic E-state index is 0.891. The molecule has 0 saturated carbocycles. The lowest BCUT2D eigenvalue weighted by Crippen LogP contribution is -2.32. The minimum Gasteiger partial charge on any atom is -0.251 e. The molecule has 0 fully saturated rings. The predicted molar refractivity (Wildman–Crippen MR) is 101 cm³/mol. The number of rotatable bonds is 1. The molecule has 6 rings (SSSR count). The van der Waals surface area contributed by atoms with E-state index in [0.29, 0.717) is 0 Å². The van der Waals surface area contributed by atoms with Gasteiger partial charge < -0.3 is 0 Å². The summed E-state index contributed by atoms with van der Waals surface area (Å²) < 4.78 is 6.15. The second-order valence-electron chi connectivity index (χ2n) is 6.35. The zero-order valence-electron chi connectivity index (χ0n) is 13.4. The Morgan fingerprint density at radius 1 is 0.920 bits per heavy atom. The highest BCUT2D eigenvalue weighted by Crippen LogP contribution is 2.40. The first-order valence-corrected chi connectivity index (χ1v) is 9.19. The molecule has 1 aliphatic heterocycles. The van der Waals surface area contributed by atoms with E-state index in [1.807, 2.05) is 23.6 Å². The molecule has 0 amide bonds. The summed E-state index contributed by atoms with van der Waals surface area (Å²) in [7, 11) is 0. The van der Waals surface area contributed by atoms with Crippen molar-refractivity contribution < 1.29 is 4.57 Å². The summed E-state index contributed by atoms with van der Waals surface area (Å²) in [6, 6.07) is 23.5. The van der Waals surface area contributed by atoms with Crippen LogP contribution in [-0.2, 0) is 6.54 Å². The number of para-hydroxylation sites is 2. The van der Waals surface area contributed by atoms with E-state index in [2.05, 4.69) is 74.8 Å². The fourth-order valence-corrected chi connectivity index (χ4v) is 5.19. The van der Waals surface area contributed by atoms with Crippen LogP contribution in [0.15, 0.2) is 72.9 Å². The maximum atomic E-state index is 4.64. The molecule has 3 aromatic heterocycles. The number of benzene rings is 2. The maximum Gasteiger partial charge on any atom is 0.306 e. The number of nitrogens with zero attached hydrogens (tertiary/aromatic N) is 3. The van der Waals surface area contributed by atoms with Gasteiger partial charge in [0.05, 0.1) is 0 Å². The van der Waals surface area contributed by atoms with Crippen LogP contribution >= 0.6 is 11.3 Å². The van der Waals surface area contributed by atoms with Gasteiger partial charge in [0.1, 0.15) is 28.1 Å². The van der Waals surface area contributed by atoms with Gasteiger partial charge in [-0.15, -0.1) is 0 Å². The van der Waals surface area contributed by atoms with Crippen molar-refractivity contribution in [3.63, 3.8) is 0 Å². The Hall–Kier alpha value is -2.98. The van der Waals surface area contributed by atoms with Crippen LogP contribution in [0.5, 0.6) is 0 Å². The molecule has 0 saturated heterocycles. The lowest BCUT2D eigenvalue weighted by molar-refractivity contribution is -0.644. The molecule has 0 aliphatic carbocycles. The number of pyridine rings is 1. The van der Waals surface area contributed by atoms with E-state index >= 15 is 0 Å². The van der Waals surface area contributed by atoms with Gasteiger partial charge in [0.15, 0.2) is 0 Å². The second kappa shape index (κ2) is 4.77. The Balaban J connectivity index is 1.79. The van der Waals surface area contributed by atoms with E-state index in [4.69, 9.17) is 0 Å². The van der Waals surface area contributed by atoms with Crippen LogP contribution in [0.25, 0.3) is 37.6 Å². The van der Waals surface area contributed by atoms with Crippen molar-refractivity contribution in [1.82, 2.24) is 9.55 Å². The summed E-state index contributed by atoms with van der Waals surface area (Å²) in [5.41, 5.74) is 6.16. The first kappa shape index (κ1) is 13.3. The number of fused-ring (bicyclic) bond motifs is 7. The molecule has 1 aliphatic rings. The Bertz CT molecular complexity index is 1260. The van der Waals surface area contributed by atoms with Gasteiger partial charge in [-0.3, -0.25) is 4.98 Å². The van der Waals surface area contributed by atoms with Crippen molar-refractivity contribution >= 4 is 32.6 Å². The van der Waals surface area contributed by atoms with E-state index in [0.717, 1.165) is 12.2 Å². The van der Waals surface area contributed by atoms with Crippen LogP contribution in [0.2, 0.25) is 0 Å². The molecule has 4 heteroatoms. The monoisotopic (exact) mass is 340 g/mol. The number of hydrogen-bond donors (Lipinski definition) is 0. The minimum absolute atomic E-state index is 0.891. The van der Waals surface area contributed by atoms with Crippen LogP contribution in [-0.4, -0.2) is 9.55 Å². The van der Waals surface area contributed by atoms with E-state index in [9.17, 15) is 0 Å². The molecule has 25 heavy (non-hydrogen) atoms. The number of thiazole rings is 1. The van der Waals surface area contributed by atoms with Gasteiger partial charge >= 0.3 is 5.65 Å². The summed E-state index contributed by atoms with van der Waals surface area (Å²) in [5, 5.41) is 2.57. The molecular formula is C21H14N3S+. The number of hydrogen-bond acceptors (Lipinski definition) is 2. The highest BCUT2D eigenvalue weighted by atomic mass is 32.1. The third-order valence-electron chi connectivity index (χ3n) is 4.94. The molecule has 118 valence electrons. The van der Waals surface area contributed by atoms with Crippen LogP contribution in [0.1, 0.15) is 5.56 Å². The fraction of sp³-hybridized carbons (Fsp3) is 0.0476. The Kier molecular flexibility index (Phi) is 2.54. The van der Waals surface area contributed by atoms with Gasteiger partial charge in [0.2, 0.25) is 5.01 Å². The molecule has 0 unspecified atom stereocenters. The lowest BCUT2D eigenvalue weighted by atomic mass is 10.2. The maximum absolute atomic E-state index is 4.64. The van der Waals surface area contributed by atoms with Gasteiger partial charge in [0, 0.05) is 17.1 Å². The van der Waals surface area contributed by atoms with Crippen molar-refractivity contribution in [2.45, 2.75) is 6.54 Å². The van der Waals surface area contributed by atoms with Gasteiger partial charge in [-0.05, 0) is 30.3 Å². The van der Waals surface area contributed by atoms with Crippen molar-refractivity contribution in [1.29, 1.82) is 0 Å². The normalized spacial score (nSPS) is 12.6. The SMILES string of the molecule is c1ccc(-n2c3ccccc3c3sc4[n+](c32)Cc2cccnc2-4)cc1. The predicted octanol–water partition coefficient (Wildman–Crippen LogP) is 4.56. The van der Waals surface area contributed by atoms with E-state index in [1.165, 1.54) is 37.5 Å². The van der Waals surface area contributed by atoms with Crippen molar-refractivity contribution in [2.75, 3.05) is 0 Å². The summed E-state index contributed by atoms with van der Waals surface area (Å²) in [4.78, 5) is 4.64. The highest BCUT2D eigenvalue weighted by molar-refractivity contribution is 7.22. The highest BCUT2D eigenvalue weighted by Gasteiger charge is 2.34. The molecule has 5 aromatic rings. The van der Waals surface area contributed by atoms with Crippen LogP contribution in [0.4, 0.5) is 0 Å². The Morgan fingerprint density at radius 3 is 2.68 bits per heavy atom. The third kappa shape index (κ3) is 1.69. The summed E-state index contributed by atoms with van der Waals surface area (Å²) in [6.07, 6.45) is 1.89. The van der Waals surface area contributed by atoms with Crippen molar-refractivity contribution in [2.24, 2.45) is 0 Å². The summed E-state index contributed by atoms with van der Waals surface area (Å²) in [6.45, 7) is 0.891. The van der Waals surface area contributed by atoms with Gasteiger partial charge in [-0.25, -0.2) is 4.57 Å². The lowest BCUT2D eigenvalue weighted by Gasteiger charge is -2.00. The average Bonchev–Trinajstić information content (AvgIpc) is 3.30. The van der Waals surface area contributed by atoms with Gasteiger partial charge in [0.25, 0.3) is 0 Å². The largest absolute Gasteiger partial charge is 0.306 e. The fourth-order valence-electron chi connectivity index (χ4n) is 3.88. The quantitative estimate of drug-likeness (QED) is 0.402. The Labute approximate surface area is 148 Å². The summed E-state index contributed by atoms with van der Waals surface area (Å²) in [5.74, 6) is 0. The molecule has 3 nitrogen and oxygen atoms in total. The zero-order valence-corrected chi connectivity index (χ0v) is 14.2. The van der Waals surface area contributed by atoms with Crippen LogP contribution in [0.3, 0.4) is 0 Å². The van der Waals surface area contributed by atoms with Crippen LogP contribution in [0, 0.1) is 0 Å². The smallest absolute Gasteiger partial charge is 0.251 e. The second-order valence-corrected chi connectivity index (χ2v) is 7.34. The first-order chi connectivity index (χ1) is 12.4. The molecule has 4 heterocycles. The van der Waals surface area contributed by atoms with Gasteiger partial charge in [-0.1, -0.05) is 47.7 Å². The molecule has 0 spiro atoms. The average molecular weight is 340 g/mol. The van der Waals surface area contributed by atoms with Crippen molar-refractivity contribution in [3.8, 4) is 16.4 Å². The first-order valence-electron chi connectivity index (χ1n) is 8.37. The van der Waals surface area contributed by atoms with E-state index in [-0.39, 0.29) is 0 Å². The molecule has 0 N–H and O–H groups in total. The zero-order chi connectivity index (χ0) is 16.4. The molecular weight excluding hydrogens is 326 g/mol. The Morgan fingerprint density at radius 2 is 1.76 bits per heavy atom. The third-order valence-corrected chi connectivity index (χ3v) is 6.15. The topological polar surface area (TPSA) is 21.7 Å². The van der Waals surface area contributed by atoms with Crippen molar-refractivity contribution in [3.05, 3.63) is 78.5 Å². The molecule has 0 atom stereocenters. The van der Waals surface area contributed by atoms with E-state index < -0.39 is 0 Å². The molecule has 0 bridgehead atoms. The van der Waals surface area contributed by atoms with Crippen LogP contribution < -0.4 is 4.57 Å².